The van der Waals surface area contributed by atoms with Crippen LogP contribution in [0.5, 0.6) is 0 Å². The standard InChI is InChI=1S/C17H21N3OS/c1-11-14(16(21)19(2)3)15(12-7-5-4-6-8-12)18-17(22)20(11)13-9-10-13/h4-8,13,15H,9-10H2,1-3H3,(H,18,22)/t15-/m1/s1. The molecular weight excluding hydrogens is 294 g/mol. The van der Waals surface area contributed by atoms with Gasteiger partial charge >= 0.3 is 0 Å². The number of thiocarbonyl (C=S) groups is 1. The highest BCUT2D eigenvalue weighted by Gasteiger charge is 2.40. The second kappa shape index (κ2) is 5.72. The number of carbonyl (C=O) groups is 1. The van der Waals surface area contributed by atoms with Crippen LogP contribution in [-0.4, -0.2) is 41.0 Å². The Hall–Kier alpha value is -1.88. The van der Waals surface area contributed by atoms with Crippen LogP contribution >= 0.6 is 12.2 Å². The highest BCUT2D eigenvalue weighted by Crippen LogP contribution is 2.37. The maximum absolute atomic E-state index is 12.7. The number of benzene rings is 1. The van der Waals surface area contributed by atoms with Crippen LogP contribution in [0.1, 0.15) is 31.4 Å². The number of nitrogens with one attached hydrogen (secondary N) is 1. The zero-order valence-corrected chi connectivity index (χ0v) is 14.0. The van der Waals surface area contributed by atoms with Crippen molar-refractivity contribution in [3.05, 3.63) is 47.2 Å². The van der Waals surface area contributed by atoms with Crippen LogP contribution < -0.4 is 5.32 Å². The average molecular weight is 315 g/mol. The van der Waals surface area contributed by atoms with E-state index in [1.165, 1.54) is 0 Å². The molecule has 5 heteroatoms. The van der Waals surface area contributed by atoms with Gasteiger partial charge in [-0.2, -0.15) is 0 Å². The summed E-state index contributed by atoms with van der Waals surface area (Å²) in [4.78, 5) is 16.5. The molecule has 1 aliphatic heterocycles. The molecule has 2 aliphatic rings. The molecule has 1 N–H and O–H groups in total. The smallest absolute Gasteiger partial charge is 0.253 e. The average Bonchev–Trinajstić information content (AvgIpc) is 3.31. The molecule has 116 valence electrons. The lowest BCUT2D eigenvalue weighted by Crippen LogP contribution is -2.49. The third-order valence-electron chi connectivity index (χ3n) is 4.21. The molecule has 22 heavy (non-hydrogen) atoms. The number of rotatable bonds is 3. The summed E-state index contributed by atoms with van der Waals surface area (Å²) in [7, 11) is 3.58. The third kappa shape index (κ3) is 2.61. The normalized spacial score (nSPS) is 21.7. The Kier molecular flexibility index (Phi) is 3.91. The van der Waals surface area contributed by atoms with Crippen molar-refractivity contribution in [2.45, 2.75) is 31.8 Å². The highest BCUT2D eigenvalue weighted by molar-refractivity contribution is 7.80. The van der Waals surface area contributed by atoms with E-state index in [-0.39, 0.29) is 11.9 Å². The second-order valence-corrected chi connectivity index (χ2v) is 6.48. The first-order valence-electron chi connectivity index (χ1n) is 7.57. The van der Waals surface area contributed by atoms with Gasteiger partial charge in [0.05, 0.1) is 11.6 Å². The molecule has 1 amide bonds. The van der Waals surface area contributed by atoms with Crippen molar-refractivity contribution < 1.29 is 4.79 Å². The first-order chi connectivity index (χ1) is 10.5. The van der Waals surface area contributed by atoms with Crippen molar-refractivity contribution in [1.29, 1.82) is 0 Å². The number of likely N-dealkylation sites (N-methyl/N-ethyl adjacent to an activating group) is 1. The lowest BCUT2D eigenvalue weighted by molar-refractivity contribution is -0.125. The fourth-order valence-corrected chi connectivity index (χ4v) is 3.35. The van der Waals surface area contributed by atoms with Crippen LogP contribution in [0.4, 0.5) is 0 Å². The monoisotopic (exact) mass is 315 g/mol. The molecule has 0 unspecified atom stereocenters. The Labute approximate surface area is 136 Å². The Bertz CT molecular complexity index is 635. The minimum Gasteiger partial charge on any atom is -0.351 e. The largest absolute Gasteiger partial charge is 0.351 e. The van der Waals surface area contributed by atoms with Crippen LogP contribution in [-0.2, 0) is 4.79 Å². The number of amides is 1. The first kappa shape index (κ1) is 15.0. The van der Waals surface area contributed by atoms with Gasteiger partial charge in [0.2, 0.25) is 0 Å². The predicted octanol–water partition coefficient (Wildman–Crippen LogP) is 2.44. The second-order valence-electron chi connectivity index (χ2n) is 6.09. The zero-order valence-electron chi connectivity index (χ0n) is 13.2. The quantitative estimate of drug-likeness (QED) is 0.869. The summed E-state index contributed by atoms with van der Waals surface area (Å²) >= 11 is 5.56. The van der Waals surface area contributed by atoms with Crippen molar-refractivity contribution in [3.8, 4) is 0 Å². The maximum Gasteiger partial charge on any atom is 0.253 e. The van der Waals surface area contributed by atoms with Crippen molar-refractivity contribution in [1.82, 2.24) is 15.1 Å². The van der Waals surface area contributed by atoms with E-state index in [2.05, 4.69) is 10.2 Å². The van der Waals surface area contributed by atoms with Gasteiger partial charge in [0.1, 0.15) is 0 Å². The van der Waals surface area contributed by atoms with Gasteiger partial charge in [-0.3, -0.25) is 4.79 Å². The zero-order chi connectivity index (χ0) is 15.9. The predicted molar refractivity (Wildman–Crippen MR) is 91.2 cm³/mol. The number of nitrogens with zero attached hydrogens (tertiary/aromatic N) is 2. The fraction of sp³-hybridized carbons (Fsp3) is 0.412. The van der Waals surface area contributed by atoms with Gasteiger partial charge in [-0.15, -0.1) is 0 Å². The van der Waals surface area contributed by atoms with Gasteiger partial charge in [-0.1, -0.05) is 30.3 Å². The Balaban J connectivity index is 2.08. The van der Waals surface area contributed by atoms with Crippen molar-refractivity contribution in [2.75, 3.05) is 14.1 Å². The molecule has 1 fully saturated rings. The van der Waals surface area contributed by atoms with E-state index in [4.69, 9.17) is 12.2 Å². The summed E-state index contributed by atoms with van der Waals surface area (Å²) in [6.07, 6.45) is 2.27. The summed E-state index contributed by atoms with van der Waals surface area (Å²) < 4.78 is 0. The van der Waals surface area contributed by atoms with E-state index in [9.17, 15) is 4.79 Å². The van der Waals surface area contributed by atoms with Gasteiger partial charge in [-0.05, 0) is 37.5 Å². The van der Waals surface area contributed by atoms with E-state index in [1.807, 2.05) is 37.3 Å². The summed E-state index contributed by atoms with van der Waals surface area (Å²) in [5, 5.41) is 4.10. The van der Waals surface area contributed by atoms with Crippen LogP contribution in [0.25, 0.3) is 0 Å². The molecule has 0 aromatic heterocycles. The van der Waals surface area contributed by atoms with E-state index < -0.39 is 0 Å². The molecule has 1 aromatic rings. The van der Waals surface area contributed by atoms with Gasteiger partial charge < -0.3 is 15.1 Å². The van der Waals surface area contributed by atoms with Crippen LogP contribution in [0.2, 0.25) is 0 Å². The lowest BCUT2D eigenvalue weighted by atomic mass is 9.94. The van der Waals surface area contributed by atoms with Gasteiger partial charge in [-0.25, -0.2) is 0 Å². The Morgan fingerprint density at radius 3 is 2.45 bits per heavy atom. The maximum atomic E-state index is 12.7. The molecule has 4 nitrogen and oxygen atoms in total. The summed E-state index contributed by atoms with van der Waals surface area (Å²) in [6, 6.07) is 10.3. The fourth-order valence-electron chi connectivity index (χ4n) is 2.94. The highest BCUT2D eigenvalue weighted by atomic mass is 32.1. The number of allylic oxidation sites excluding steroid dienone is 1. The van der Waals surface area contributed by atoms with Crippen molar-refractivity contribution in [3.63, 3.8) is 0 Å². The van der Waals surface area contributed by atoms with E-state index in [0.29, 0.717) is 6.04 Å². The number of hydrogen-bond acceptors (Lipinski definition) is 2. The van der Waals surface area contributed by atoms with E-state index in [0.717, 1.165) is 34.8 Å². The Morgan fingerprint density at radius 2 is 1.91 bits per heavy atom. The van der Waals surface area contributed by atoms with Crippen LogP contribution in [0.3, 0.4) is 0 Å². The van der Waals surface area contributed by atoms with Crippen LogP contribution in [0, 0.1) is 0 Å². The molecule has 0 saturated heterocycles. The molecule has 1 aromatic carbocycles. The molecule has 0 spiro atoms. The molecule has 1 aliphatic carbocycles. The van der Waals surface area contributed by atoms with Gasteiger partial charge in [0.25, 0.3) is 5.91 Å². The SMILES string of the molecule is CC1=C(C(=O)N(C)C)[C@@H](c2ccccc2)NC(=S)N1C1CC1. The summed E-state index contributed by atoms with van der Waals surface area (Å²) in [5.74, 6) is 0.0343. The van der Waals surface area contributed by atoms with Crippen molar-refractivity contribution >= 4 is 23.2 Å². The molecule has 1 saturated carbocycles. The van der Waals surface area contributed by atoms with Crippen LogP contribution in [0.15, 0.2) is 41.6 Å². The minimum atomic E-state index is -0.182. The topological polar surface area (TPSA) is 35.6 Å². The van der Waals surface area contributed by atoms with E-state index >= 15 is 0 Å². The number of carbonyl (C=O) groups excluding carboxylic acids is 1. The Morgan fingerprint density at radius 1 is 1.27 bits per heavy atom. The van der Waals surface area contributed by atoms with Gasteiger partial charge in [0, 0.05) is 25.8 Å². The molecule has 0 bridgehead atoms. The summed E-state index contributed by atoms with van der Waals surface area (Å²) in [6.45, 7) is 2.01. The third-order valence-corrected chi connectivity index (χ3v) is 4.52. The molecule has 0 radical (unpaired) electrons. The molecule has 1 heterocycles. The first-order valence-corrected chi connectivity index (χ1v) is 7.98. The number of hydrogen-bond donors (Lipinski definition) is 1. The summed E-state index contributed by atoms with van der Waals surface area (Å²) in [5.41, 5.74) is 2.83. The molecule has 3 rings (SSSR count). The van der Waals surface area contributed by atoms with Crippen molar-refractivity contribution in [2.24, 2.45) is 0 Å². The molecular formula is C17H21N3OS. The van der Waals surface area contributed by atoms with E-state index in [1.54, 1.807) is 19.0 Å². The molecule has 1 atom stereocenters. The minimum absolute atomic E-state index is 0.0343. The lowest BCUT2D eigenvalue weighted by Gasteiger charge is -2.38. The van der Waals surface area contributed by atoms with Gasteiger partial charge in [0.15, 0.2) is 5.11 Å².